The molecular weight excluding hydrogens is 328 g/mol. The summed E-state index contributed by atoms with van der Waals surface area (Å²) in [5.74, 6) is 0. The fraction of sp³-hybridized carbons (Fsp3) is 0.538. The Morgan fingerprint density at radius 2 is 2.27 bits per heavy atom. The standard InChI is InChI=1S/C13H18N4O3S.ClH/c1-3-12-11-6-10(8-15-13(11)20-16-12)21(18,19)17-5-4-14-7-9(17)2;/h6,8-9,14H,3-5,7H2,1-2H3;1H/t9-;/m1./s1. The first-order chi connectivity index (χ1) is 10.0. The van der Waals surface area contributed by atoms with Crippen molar-refractivity contribution in [2.45, 2.75) is 31.2 Å². The monoisotopic (exact) mass is 346 g/mol. The first-order valence-electron chi connectivity index (χ1n) is 7.01. The summed E-state index contributed by atoms with van der Waals surface area (Å²) in [6, 6.07) is 1.54. The third-order valence-electron chi connectivity index (χ3n) is 3.76. The molecule has 1 saturated heterocycles. The molecule has 0 spiro atoms. The Kier molecular flexibility index (Phi) is 5.06. The van der Waals surface area contributed by atoms with Crippen molar-refractivity contribution in [1.29, 1.82) is 0 Å². The number of sulfonamides is 1. The Balaban J connectivity index is 0.00000176. The zero-order valence-electron chi connectivity index (χ0n) is 12.4. The molecule has 0 bridgehead atoms. The summed E-state index contributed by atoms with van der Waals surface area (Å²) in [4.78, 5) is 4.28. The van der Waals surface area contributed by atoms with E-state index in [0.717, 1.165) is 5.69 Å². The number of hydrogen-bond acceptors (Lipinski definition) is 6. The maximum Gasteiger partial charge on any atom is 0.258 e. The first kappa shape index (κ1) is 17.1. The van der Waals surface area contributed by atoms with Crippen LogP contribution in [-0.4, -0.2) is 48.5 Å². The number of aromatic nitrogens is 2. The van der Waals surface area contributed by atoms with Gasteiger partial charge >= 0.3 is 0 Å². The number of pyridine rings is 1. The number of piperazine rings is 1. The zero-order chi connectivity index (χ0) is 15.0. The van der Waals surface area contributed by atoms with E-state index in [0.29, 0.717) is 37.2 Å². The van der Waals surface area contributed by atoms with Gasteiger partial charge < -0.3 is 9.84 Å². The number of aryl methyl sites for hydroxylation is 1. The van der Waals surface area contributed by atoms with E-state index in [1.807, 2.05) is 13.8 Å². The van der Waals surface area contributed by atoms with Crippen LogP contribution in [0.2, 0.25) is 0 Å². The third-order valence-corrected chi connectivity index (χ3v) is 5.74. The Bertz CT molecular complexity index is 762. The van der Waals surface area contributed by atoms with Crippen LogP contribution in [0, 0.1) is 0 Å². The third kappa shape index (κ3) is 2.83. The molecule has 22 heavy (non-hydrogen) atoms. The second-order valence-electron chi connectivity index (χ2n) is 5.18. The molecule has 0 aliphatic carbocycles. The van der Waals surface area contributed by atoms with Gasteiger partial charge in [-0.1, -0.05) is 12.1 Å². The average Bonchev–Trinajstić information content (AvgIpc) is 2.89. The van der Waals surface area contributed by atoms with Crippen molar-refractivity contribution in [3.8, 4) is 0 Å². The minimum absolute atomic E-state index is 0. The van der Waals surface area contributed by atoms with E-state index in [1.165, 1.54) is 10.5 Å². The molecule has 0 unspecified atom stereocenters. The van der Waals surface area contributed by atoms with Crippen molar-refractivity contribution in [2.24, 2.45) is 0 Å². The van der Waals surface area contributed by atoms with E-state index in [4.69, 9.17) is 4.52 Å². The molecule has 3 rings (SSSR count). The smallest absolute Gasteiger partial charge is 0.258 e. The largest absolute Gasteiger partial charge is 0.336 e. The van der Waals surface area contributed by atoms with Crippen molar-refractivity contribution in [3.63, 3.8) is 0 Å². The predicted octanol–water partition coefficient (Wildman–Crippen LogP) is 1.19. The van der Waals surface area contributed by atoms with E-state index in [9.17, 15) is 8.42 Å². The molecule has 3 heterocycles. The highest BCUT2D eigenvalue weighted by atomic mass is 35.5. The van der Waals surface area contributed by atoms with Gasteiger partial charge in [-0.2, -0.15) is 4.31 Å². The number of nitrogens with zero attached hydrogens (tertiary/aromatic N) is 3. The molecule has 1 aliphatic rings. The van der Waals surface area contributed by atoms with Gasteiger partial charge in [0.2, 0.25) is 10.0 Å². The van der Waals surface area contributed by atoms with Crippen LogP contribution in [0.1, 0.15) is 19.5 Å². The molecule has 0 saturated carbocycles. The molecule has 1 fully saturated rings. The highest BCUT2D eigenvalue weighted by molar-refractivity contribution is 7.89. The highest BCUT2D eigenvalue weighted by Gasteiger charge is 2.31. The summed E-state index contributed by atoms with van der Waals surface area (Å²) < 4.78 is 32.2. The zero-order valence-corrected chi connectivity index (χ0v) is 14.1. The Labute approximate surface area is 135 Å². The molecule has 9 heteroatoms. The van der Waals surface area contributed by atoms with Crippen molar-refractivity contribution in [3.05, 3.63) is 18.0 Å². The SMILES string of the molecule is CCc1noc2ncc(S(=O)(=O)N3CCNC[C@H]3C)cc12.Cl. The predicted molar refractivity (Wildman–Crippen MR) is 84.7 cm³/mol. The van der Waals surface area contributed by atoms with Crippen LogP contribution in [-0.2, 0) is 16.4 Å². The molecule has 2 aromatic rings. The van der Waals surface area contributed by atoms with E-state index in [1.54, 1.807) is 6.07 Å². The fourth-order valence-electron chi connectivity index (χ4n) is 2.57. The van der Waals surface area contributed by atoms with Gasteiger partial charge in [0, 0.05) is 25.7 Å². The quantitative estimate of drug-likeness (QED) is 0.898. The highest BCUT2D eigenvalue weighted by Crippen LogP contribution is 2.24. The van der Waals surface area contributed by atoms with Gasteiger partial charge in [-0.15, -0.1) is 12.4 Å². The van der Waals surface area contributed by atoms with Crippen molar-refractivity contribution < 1.29 is 12.9 Å². The van der Waals surface area contributed by atoms with Crippen LogP contribution in [0.3, 0.4) is 0 Å². The lowest BCUT2D eigenvalue weighted by Crippen LogP contribution is -2.52. The maximum atomic E-state index is 12.8. The fourth-order valence-corrected chi connectivity index (χ4v) is 4.17. The van der Waals surface area contributed by atoms with Crippen molar-refractivity contribution >= 4 is 33.5 Å². The number of rotatable bonds is 3. The molecule has 7 nitrogen and oxygen atoms in total. The molecule has 0 radical (unpaired) electrons. The van der Waals surface area contributed by atoms with Crippen LogP contribution in [0.5, 0.6) is 0 Å². The summed E-state index contributed by atoms with van der Waals surface area (Å²) in [5, 5.41) is 7.76. The van der Waals surface area contributed by atoms with Gasteiger partial charge in [-0.3, -0.25) is 0 Å². The molecule has 122 valence electrons. The van der Waals surface area contributed by atoms with E-state index in [2.05, 4.69) is 15.5 Å². The van der Waals surface area contributed by atoms with E-state index in [-0.39, 0.29) is 23.3 Å². The lowest BCUT2D eigenvalue weighted by molar-refractivity contribution is 0.284. The molecule has 0 amide bonds. The van der Waals surface area contributed by atoms with Crippen molar-refractivity contribution in [1.82, 2.24) is 19.8 Å². The molecule has 1 N–H and O–H groups in total. The molecule has 0 aromatic carbocycles. The Morgan fingerprint density at radius 3 is 2.95 bits per heavy atom. The van der Waals surface area contributed by atoms with Gasteiger partial charge in [0.1, 0.15) is 4.90 Å². The summed E-state index contributed by atoms with van der Waals surface area (Å²) in [5.41, 5.74) is 1.10. The first-order valence-corrected chi connectivity index (χ1v) is 8.45. The minimum Gasteiger partial charge on any atom is -0.336 e. The lowest BCUT2D eigenvalue weighted by atomic mass is 10.2. The van der Waals surface area contributed by atoms with Gasteiger partial charge in [-0.25, -0.2) is 13.4 Å². The number of halogens is 1. The van der Waals surface area contributed by atoms with Crippen LogP contribution in [0.4, 0.5) is 0 Å². The van der Waals surface area contributed by atoms with Gasteiger partial charge in [0.15, 0.2) is 0 Å². The summed E-state index contributed by atoms with van der Waals surface area (Å²) >= 11 is 0. The molecule has 1 atom stereocenters. The molecule has 1 aliphatic heterocycles. The summed E-state index contributed by atoms with van der Waals surface area (Å²) in [6.45, 7) is 5.62. The number of nitrogens with one attached hydrogen (secondary N) is 1. The number of hydrogen-bond donors (Lipinski definition) is 1. The Hall–Kier alpha value is -1.22. The van der Waals surface area contributed by atoms with E-state index >= 15 is 0 Å². The Morgan fingerprint density at radius 1 is 1.50 bits per heavy atom. The second-order valence-corrected chi connectivity index (χ2v) is 7.07. The minimum atomic E-state index is -3.54. The molecular formula is C13H19ClN4O3S. The maximum absolute atomic E-state index is 12.8. The summed E-state index contributed by atoms with van der Waals surface area (Å²) in [7, 11) is -3.54. The molecule has 2 aromatic heterocycles. The van der Waals surface area contributed by atoms with Crippen LogP contribution < -0.4 is 5.32 Å². The number of fused-ring (bicyclic) bond motifs is 1. The van der Waals surface area contributed by atoms with Gasteiger partial charge in [0.05, 0.1) is 17.3 Å². The normalized spacial score (nSPS) is 20.0. The topological polar surface area (TPSA) is 88.3 Å². The average molecular weight is 347 g/mol. The van der Waals surface area contributed by atoms with Crippen LogP contribution >= 0.6 is 12.4 Å². The van der Waals surface area contributed by atoms with Crippen LogP contribution in [0.15, 0.2) is 21.7 Å². The van der Waals surface area contributed by atoms with Crippen molar-refractivity contribution in [2.75, 3.05) is 19.6 Å². The van der Waals surface area contributed by atoms with Crippen LogP contribution in [0.25, 0.3) is 11.1 Å². The second kappa shape index (κ2) is 6.49. The van der Waals surface area contributed by atoms with Gasteiger partial charge in [-0.05, 0) is 19.4 Å². The van der Waals surface area contributed by atoms with E-state index < -0.39 is 10.0 Å². The van der Waals surface area contributed by atoms with Gasteiger partial charge in [0.25, 0.3) is 5.71 Å². The lowest BCUT2D eigenvalue weighted by Gasteiger charge is -2.32. The summed E-state index contributed by atoms with van der Waals surface area (Å²) in [6.07, 6.45) is 2.01.